The molecule has 3 heterocycles. The van der Waals surface area contributed by atoms with Crippen molar-refractivity contribution in [3.05, 3.63) is 41.9 Å². The highest BCUT2D eigenvalue weighted by atomic mass is 16.2. The van der Waals surface area contributed by atoms with Crippen LogP contribution in [0.1, 0.15) is 17.5 Å². The SMILES string of the molecule is Cc1ccnc(N2N=C(c3cnn(C)c3)CC2=O)c1. The lowest BCUT2D eigenvalue weighted by atomic mass is 10.2. The van der Waals surface area contributed by atoms with Gasteiger partial charge in [0.1, 0.15) is 0 Å². The summed E-state index contributed by atoms with van der Waals surface area (Å²) in [6.45, 7) is 1.96. The lowest BCUT2D eigenvalue weighted by Gasteiger charge is -2.10. The Morgan fingerprint density at radius 2 is 2.21 bits per heavy atom. The maximum Gasteiger partial charge on any atom is 0.254 e. The van der Waals surface area contributed by atoms with E-state index in [1.807, 2.05) is 32.3 Å². The molecule has 1 aliphatic heterocycles. The van der Waals surface area contributed by atoms with Crippen molar-refractivity contribution < 1.29 is 4.79 Å². The molecule has 1 amide bonds. The number of hydrazone groups is 1. The third-order valence-corrected chi connectivity index (χ3v) is 2.93. The summed E-state index contributed by atoms with van der Waals surface area (Å²) < 4.78 is 1.69. The second-order valence-electron chi connectivity index (χ2n) is 4.52. The molecule has 6 nitrogen and oxygen atoms in total. The molecule has 0 fully saturated rings. The number of pyridine rings is 1. The normalized spacial score (nSPS) is 14.9. The molecule has 0 aliphatic carbocycles. The first-order valence-corrected chi connectivity index (χ1v) is 5.95. The van der Waals surface area contributed by atoms with Crippen molar-refractivity contribution in [3.8, 4) is 0 Å². The van der Waals surface area contributed by atoms with Crippen molar-refractivity contribution in [2.24, 2.45) is 12.1 Å². The molecule has 2 aromatic heterocycles. The molecule has 0 unspecified atom stereocenters. The highest BCUT2D eigenvalue weighted by Crippen LogP contribution is 2.21. The number of hydrogen-bond donors (Lipinski definition) is 0. The van der Waals surface area contributed by atoms with Crippen LogP contribution in [-0.2, 0) is 11.8 Å². The lowest BCUT2D eigenvalue weighted by molar-refractivity contribution is -0.116. The van der Waals surface area contributed by atoms with Gasteiger partial charge in [0.05, 0.1) is 18.3 Å². The van der Waals surface area contributed by atoms with Gasteiger partial charge < -0.3 is 0 Å². The summed E-state index contributed by atoms with van der Waals surface area (Å²) in [5, 5.41) is 9.79. The second kappa shape index (κ2) is 4.31. The molecular weight excluding hydrogens is 242 g/mol. The van der Waals surface area contributed by atoms with E-state index < -0.39 is 0 Å². The van der Waals surface area contributed by atoms with E-state index >= 15 is 0 Å². The largest absolute Gasteiger partial charge is 0.275 e. The third kappa shape index (κ3) is 2.12. The summed E-state index contributed by atoms with van der Waals surface area (Å²) >= 11 is 0. The van der Waals surface area contributed by atoms with Gasteiger partial charge in [0.15, 0.2) is 5.82 Å². The van der Waals surface area contributed by atoms with E-state index in [0.29, 0.717) is 5.82 Å². The topological polar surface area (TPSA) is 63.4 Å². The molecule has 0 saturated heterocycles. The number of aryl methyl sites for hydroxylation is 2. The monoisotopic (exact) mass is 255 g/mol. The van der Waals surface area contributed by atoms with Gasteiger partial charge in [-0.3, -0.25) is 9.48 Å². The summed E-state index contributed by atoms with van der Waals surface area (Å²) in [7, 11) is 1.83. The van der Waals surface area contributed by atoms with Crippen LogP contribution in [0.3, 0.4) is 0 Å². The first-order valence-electron chi connectivity index (χ1n) is 5.95. The van der Waals surface area contributed by atoms with E-state index in [2.05, 4.69) is 15.2 Å². The maximum atomic E-state index is 12.0. The molecule has 0 atom stereocenters. The minimum Gasteiger partial charge on any atom is -0.275 e. The number of hydrogen-bond acceptors (Lipinski definition) is 4. The van der Waals surface area contributed by atoms with Gasteiger partial charge in [0.2, 0.25) is 0 Å². The van der Waals surface area contributed by atoms with Gasteiger partial charge in [-0.05, 0) is 24.6 Å². The van der Waals surface area contributed by atoms with Gasteiger partial charge in [-0.1, -0.05) is 0 Å². The third-order valence-electron chi connectivity index (χ3n) is 2.93. The van der Waals surface area contributed by atoms with Crippen LogP contribution in [-0.4, -0.2) is 26.4 Å². The highest BCUT2D eigenvalue weighted by Gasteiger charge is 2.27. The van der Waals surface area contributed by atoms with E-state index in [0.717, 1.165) is 16.8 Å². The van der Waals surface area contributed by atoms with Gasteiger partial charge in [-0.2, -0.15) is 15.2 Å². The van der Waals surface area contributed by atoms with Crippen molar-refractivity contribution in [3.63, 3.8) is 0 Å². The lowest BCUT2D eigenvalue weighted by Crippen LogP contribution is -2.20. The highest BCUT2D eigenvalue weighted by molar-refractivity contribution is 6.18. The van der Waals surface area contributed by atoms with Crippen LogP contribution in [0.4, 0.5) is 5.82 Å². The number of carbonyl (C=O) groups excluding carboxylic acids is 1. The molecule has 19 heavy (non-hydrogen) atoms. The molecule has 2 aromatic rings. The Morgan fingerprint density at radius 3 is 2.89 bits per heavy atom. The minimum absolute atomic E-state index is 0.0723. The zero-order valence-electron chi connectivity index (χ0n) is 10.7. The minimum atomic E-state index is -0.0723. The molecule has 3 rings (SSSR count). The molecule has 1 aliphatic rings. The van der Waals surface area contributed by atoms with E-state index in [9.17, 15) is 4.79 Å². The van der Waals surface area contributed by atoms with Crippen LogP contribution < -0.4 is 5.01 Å². The van der Waals surface area contributed by atoms with E-state index in [1.165, 1.54) is 5.01 Å². The molecule has 0 radical (unpaired) electrons. The van der Waals surface area contributed by atoms with Crippen molar-refractivity contribution in [2.75, 3.05) is 5.01 Å². The van der Waals surface area contributed by atoms with Gasteiger partial charge >= 0.3 is 0 Å². The number of rotatable bonds is 2. The molecule has 96 valence electrons. The zero-order chi connectivity index (χ0) is 13.4. The number of carbonyl (C=O) groups is 1. The molecular formula is C13H13N5O. The summed E-state index contributed by atoms with van der Waals surface area (Å²) in [5.74, 6) is 0.487. The predicted molar refractivity (Wildman–Crippen MR) is 70.8 cm³/mol. The Balaban J connectivity index is 1.95. The van der Waals surface area contributed by atoms with Gasteiger partial charge in [-0.15, -0.1) is 0 Å². The molecule has 0 saturated carbocycles. The van der Waals surface area contributed by atoms with Crippen molar-refractivity contribution in [1.29, 1.82) is 0 Å². The Kier molecular flexibility index (Phi) is 2.63. The first kappa shape index (κ1) is 11.6. The van der Waals surface area contributed by atoms with Crippen molar-refractivity contribution in [1.82, 2.24) is 14.8 Å². The fourth-order valence-electron chi connectivity index (χ4n) is 1.98. The molecule has 0 N–H and O–H groups in total. The Hall–Kier alpha value is -2.50. The second-order valence-corrected chi connectivity index (χ2v) is 4.52. The van der Waals surface area contributed by atoms with E-state index in [1.54, 1.807) is 17.1 Å². The predicted octanol–water partition coefficient (Wildman–Crippen LogP) is 1.26. The molecule has 6 heteroatoms. The maximum absolute atomic E-state index is 12.0. The number of nitrogens with zero attached hydrogens (tertiary/aromatic N) is 5. The molecule has 0 bridgehead atoms. The fourth-order valence-corrected chi connectivity index (χ4v) is 1.98. The number of aromatic nitrogens is 3. The Labute approximate surface area is 110 Å². The van der Waals surface area contributed by atoms with Gasteiger partial charge in [0.25, 0.3) is 5.91 Å². The zero-order valence-corrected chi connectivity index (χ0v) is 10.7. The summed E-state index contributed by atoms with van der Waals surface area (Å²) in [6.07, 6.45) is 5.51. The van der Waals surface area contributed by atoms with Crippen molar-refractivity contribution in [2.45, 2.75) is 13.3 Å². The van der Waals surface area contributed by atoms with Gasteiger partial charge in [-0.25, -0.2) is 4.98 Å². The quantitative estimate of drug-likeness (QED) is 0.811. The molecule has 0 aromatic carbocycles. The summed E-state index contributed by atoms with van der Waals surface area (Å²) in [5.41, 5.74) is 2.63. The number of anilines is 1. The van der Waals surface area contributed by atoms with Crippen LogP contribution >= 0.6 is 0 Å². The standard InChI is InChI=1S/C13H13N5O/c1-9-3-4-14-12(5-9)18-13(19)6-11(16-18)10-7-15-17(2)8-10/h3-5,7-8H,6H2,1-2H3. The Morgan fingerprint density at radius 1 is 1.37 bits per heavy atom. The van der Waals surface area contributed by atoms with Crippen LogP contribution in [0.5, 0.6) is 0 Å². The average molecular weight is 255 g/mol. The van der Waals surface area contributed by atoms with Gasteiger partial charge in [0, 0.05) is 25.0 Å². The van der Waals surface area contributed by atoms with Crippen molar-refractivity contribution >= 4 is 17.4 Å². The molecule has 0 spiro atoms. The average Bonchev–Trinajstić information content (AvgIpc) is 2.95. The Bertz CT molecular complexity index is 673. The number of amides is 1. The van der Waals surface area contributed by atoms with Crippen LogP contribution in [0, 0.1) is 6.92 Å². The van der Waals surface area contributed by atoms with Crippen LogP contribution in [0.2, 0.25) is 0 Å². The first-order chi connectivity index (χ1) is 9.13. The summed E-state index contributed by atoms with van der Waals surface area (Å²) in [4.78, 5) is 16.2. The summed E-state index contributed by atoms with van der Waals surface area (Å²) in [6, 6.07) is 3.73. The fraction of sp³-hybridized carbons (Fsp3) is 0.231. The van der Waals surface area contributed by atoms with Crippen LogP contribution in [0.25, 0.3) is 0 Å². The van der Waals surface area contributed by atoms with E-state index in [-0.39, 0.29) is 12.3 Å². The van der Waals surface area contributed by atoms with Crippen LogP contribution in [0.15, 0.2) is 35.8 Å². The van der Waals surface area contributed by atoms with E-state index in [4.69, 9.17) is 0 Å². The smallest absolute Gasteiger partial charge is 0.254 e.